The second-order valence-corrected chi connectivity index (χ2v) is 8.82. The minimum atomic E-state index is -0.00634. The molecule has 9 heteroatoms. The van der Waals surface area contributed by atoms with Gasteiger partial charge in [-0.05, 0) is 39.0 Å². The first kappa shape index (κ1) is 19.3. The highest BCUT2D eigenvalue weighted by Gasteiger charge is 2.28. The highest BCUT2D eigenvalue weighted by Crippen LogP contribution is 2.30. The molecule has 1 aliphatic rings. The molecule has 0 saturated carbocycles. The van der Waals surface area contributed by atoms with Gasteiger partial charge in [-0.2, -0.15) is 0 Å². The van der Waals surface area contributed by atoms with E-state index in [0.717, 1.165) is 42.7 Å². The lowest BCUT2D eigenvalue weighted by atomic mass is 9.97. The standard InChI is InChI=1S/C17H26N6OS2/c1-4-25-17-21-20-15(23(17)12(2)3)13-6-5-8-22(10-13)11-14(24)19-16-18-7-9-26-16/h7,9,12-13H,4-6,8,10-11H2,1-3H3,(H,18,19,24)/t13-/m0/s1. The van der Waals surface area contributed by atoms with Gasteiger partial charge in [-0.1, -0.05) is 18.7 Å². The van der Waals surface area contributed by atoms with Gasteiger partial charge in [0.05, 0.1) is 6.54 Å². The Morgan fingerprint density at radius 1 is 1.46 bits per heavy atom. The predicted molar refractivity (Wildman–Crippen MR) is 106 cm³/mol. The van der Waals surface area contributed by atoms with Crippen molar-refractivity contribution < 1.29 is 4.79 Å². The molecular weight excluding hydrogens is 368 g/mol. The molecule has 7 nitrogen and oxygen atoms in total. The molecule has 1 fully saturated rings. The van der Waals surface area contributed by atoms with Crippen LogP contribution in [0.5, 0.6) is 0 Å². The second kappa shape index (κ2) is 8.96. The van der Waals surface area contributed by atoms with E-state index in [4.69, 9.17) is 0 Å². The smallest absolute Gasteiger partial charge is 0.240 e. The third kappa shape index (κ3) is 4.63. The number of nitrogens with zero attached hydrogens (tertiary/aromatic N) is 5. The number of hydrogen-bond acceptors (Lipinski definition) is 7. The lowest BCUT2D eigenvalue weighted by Crippen LogP contribution is -2.40. The summed E-state index contributed by atoms with van der Waals surface area (Å²) in [7, 11) is 0. The number of thiazole rings is 1. The summed E-state index contributed by atoms with van der Waals surface area (Å²) in [4.78, 5) is 18.6. The summed E-state index contributed by atoms with van der Waals surface area (Å²) < 4.78 is 2.26. The molecule has 2 aromatic rings. The fourth-order valence-corrected chi connectivity index (χ4v) is 4.68. The molecule has 0 radical (unpaired) electrons. The summed E-state index contributed by atoms with van der Waals surface area (Å²) in [6.45, 7) is 8.65. The van der Waals surface area contributed by atoms with Crippen LogP contribution in [-0.2, 0) is 4.79 Å². The van der Waals surface area contributed by atoms with Crippen LogP contribution in [0.2, 0.25) is 0 Å². The number of rotatable bonds is 7. The zero-order valence-corrected chi connectivity index (χ0v) is 17.1. The van der Waals surface area contributed by atoms with E-state index in [1.165, 1.54) is 11.3 Å². The predicted octanol–water partition coefficient (Wildman–Crippen LogP) is 3.25. The van der Waals surface area contributed by atoms with Gasteiger partial charge in [0.15, 0.2) is 10.3 Å². The van der Waals surface area contributed by atoms with Crippen molar-refractivity contribution in [3.63, 3.8) is 0 Å². The first-order chi connectivity index (χ1) is 12.6. The van der Waals surface area contributed by atoms with Crippen molar-refractivity contribution in [3.8, 4) is 0 Å². The third-order valence-corrected chi connectivity index (χ3v) is 5.91. The number of piperidine rings is 1. The summed E-state index contributed by atoms with van der Waals surface area (Å²) in [6.07, 6.45) is 3.85. The highest BCUT2D eigenvalue weighted by atomic mass is 32.2. The average molecular weight is 395 g/mol. The third-order valence-electron chi connectivity index (χ3n) is 4.40. The first-order valence-electron chi connectivity index (χ1n) is 9.07. The van der Waals surface area contributed by atoms with Crippen LogP contribution in [0.4, 0.5) is 5.13 Å². The molecule has 142 valence electrons. The maximum atomic E-state index is 12.3. The first-order valence-corrected chi connectivity index (χ1v) is 10.9. The van der Waals surface area contributed by atoms with Crippen molar-refractivity contribution >= 4 is 34.1 Å². The second-order valence-electron chi connectivity index (χ2n) is 6.70. The Morgan fingerprint density at radius 2 is 2.31 bits per heavy atom. The molecule has 1 atom stereocenters. The zero-order valence-electron chi connectivity index (χ0n) is 15.5. The number of anilines is 1. The van der Waals surface area contributed by atoms with E-state index < -0.39 is 0 Å². The molecule has 1 saturated heterocycles. The van der Waals surface area contributed by atoms with Gasteiger partial charge < -0.3 is 9.88 Å². The monoisotopic (exact) mass is 394 g/mol. The SMILES string of the molecule is CCSc1nnc([C@H]2CCCN(CC(=O)Nc3nccs3)C2)n1C(C)C. The summed E-state index contributed by atoms with van der Waals surface area (Å²) in [5.74, 6) is 2.35. The van der Waals surface area contributed by atoms with E-state index in [0.29, 0.717) is 23.6 Å². The van der Waals surface area contributed by atoms with Crippen LogP contribution in [0.25, 0.3) is 0 Å². The van der Waals surface area contributed by atoms with Crippen molar-refractivity contribution in [1.29, 1.82) is 0 Å². The highest BCUT2D eigenvalue weighted by molar-refractivity contribution is 7.99. The van der Waals surface area contributed by atoms with E-state index >= 15 is 0 Å². The molecule has 0 spiro atoms. The van der Waals surface area contributed by atoms with E-state index in [1.54, 1.807) is 18.0 Å². The van der Waals surface area contributed by atoms with E-state index in [9.17, 15) is 4.79 Å². The number of hydrogen-bond donors (Lipinski definition) is 1. The number of nitrogens with one attached hydrogen (secondary N) is 1. The Morgan fingerprint density at radius 3 is 3.00 bits per heavy atom. The van der Waals surface area contributed by atoms with Crippen LogP contribution >= 0.6 is 23.1 Å². The molecule has 0 unspecified atom stereocenters. The molecule has 1 aliphatic heterocycles. The Kier molecular flexibility index (Phi) is 6.66. The number of amides is 1. The molecule has 1 amide bonds. The Labute approximate surface area is 162 Å². The van der Waals surface area contributed by atoms with E-state index in [-0.39, 0.29) is 5.91 Å². The van der Waals surface area contributed by atoms with Crippen LogP contribution in [0.3, 0.4) is 0 Å². The molecule has 2 aromatic heterocycles. The van der Waals surface area contributed by atoms with Crippen LogP contribution in [-0.4, -0.2) is 55.9 Å². The summed E-state index contributed by atoms with van der Waals surface area (Å²) in [5.41, 5.74) is 0. The van der Waals surface area contributed by atoms with Gasteiger partial charge >= 0.3 is 0 Å². The molecule has 0 aliphatic carbocycles. The number of aromatic nitrogens is 4. The normalized spacial score (nSPS) is 18.4. The van der Waals surface area contributed by atoms with Gasteiger partial charge in [-0.3, -0.25) is 9.69 Å². The molecule has 0 aromatic carbocycles. The minimum absolute atomic E-state index is 0.00634. The zero-order chi connectivity index (χ0) is 18.5. The fourth-order valence-electron chi connectivity index (χ4n) is 3.34. The van der Waals surface area contributed by atoms with Crippen molar-refractivity contribution in [3.05, 3.63) is 17.4 Å². The van der Waals surface area contributed by atoms with Gasteiger partial charge in [-0.25, -0.2) is 4.98 Å². The Balaban J connectivity index is 1.65. The van der Waals surface area contributed by atoms with Gasteiger partial charge in [0.25, 0.3) is 0 Å². The average Bonchev–Trinajstić information content (AvgIpc) is 3.25. The largest absolute Gasteiger partial charge is 0.303 e. The van der Waals surface area contributed by atoms with Crippen molar-refractivity contribution in [1.82, 2.24) is 24.6 Å². The number of carbonyl (C=O) groups is 1. The van der Waals surface area contributed by atoms with E-state index in [2.05, 4.69) is 50.7 Å². The molecule has 3 rings (SSSR count). The summed E-state index contributed by atoms with van der Waals surface area (Å²) in [5, 5.41) is 15.3. The van der Waals surface area contributed by atoms with Crippen molar-refractivity contribution in [2.45, 2.75) is 50.7 Å². The van der Waals surface area contributed by atoms with E-state index in [1.807, 2.05) is 5.38 Å². The number of thioether (sulfide) groups is 1. The van der Waals surface area contributed by atoms with Gasteiger partial charge in [0, 0.05) is 30.1 Å². The minimum Gasteiger partial charge on any atom is -0.303 e. The Hall–Kier alpha value is -1.45. The lowest BCUT2D eigenvalue weighted by molar-refractivity contribution is -0.117. The molecule has 1 N–H and O–H groups in total. The van der Waals surface area contributed by atoms with Crippen LogP contribution in [0.1, 0.15) is 51.4 Å². The van der Waals surface area contributed by atoms with Crippen molar-refractivity contribution in [2.24, 2.45) is 0 Å². The quantitative estimate of drug-likeness (QED) is 0.727. The van der Waals surface area contributed by atoms with Gasteiger partial charge in [0.1, 0.15) is 5.82 Å². The van der Waals surface area contributed by atoms with Crippen LogP contribution in [0.15, 0.2) is 16.7 Å². The van der Waals surface area contributed by atoms with Gasteiger partial charge in [0.2, 0.25) is 5.91 Å². The van der Waals surface area contributed by atoms with Gasteiger partial charge in [-0.15, -0.1) is 21.5 Å². The fraction of sp³-hybridized carbons (Fsp3) is 0.647. The van der Waals surface area contributed by atoms with Crippen molar-refractivity contribution in [2.75, 3.05) is 30.7 Å². The molecular formula is C17H26N6OS2. The number of likely N-dealkylation sites (tertiary alicyclic amines) is 1. The summed E-state index contributed by atoms with van der Waals surface area (Å²) in [6, 6.07) is 0.331. The van der Waals surface area contributed by atoms with Crippen LogP contribution < -0.4 is 5.32 Å². The topological polar surface area (TPSA) is 75.9 Å². The molecule has 0 bridgehead atoms. The lowest BCUT2D eigenvalue weighted by Gasteiger charge is -2.32. The molecule has 26 heavy (non-hydrogen) atoms. The Bertz CT molecular complexity index is 715. The maximum Gasteiger partial charge on any atom is 0.240 e. The number of carbonyl (C=O) groups excluding carboxylic acids is 1. The summed E-state index contributed by atoms with van der Waals surface area (Å²) >= 11 is 3.17. The maximum absolute atomic E-state index is 12.3. The molecule has 3 heterocycles. The van der Waals surface area contributed by atoms with Crippen LogP contribution in [0, 0.1) is 0 Å².